The fourth-order valence-electron chi connectivity index (χ4n) is 2.14. The smallest absolute Gasteiger partial charge is 0.289 e. The lowest BCUT2D eigenvalue weighted by atomic mass is 10.1. The van der Waals surface area contributed by atoms with Crippen molar-refractivity contribution in [3.8, 4) is 17.0 Å². The minimum atomic E-state index is -0.285. The third kappa shape index (κ3) is 3.16. The van der Waals surface area contributed by atoms with Gasteiger partial charge in [-0.2, -0.15) is 10.2 Å². The van der Waals surface area contributed by atoms with E-state index in [-0.39, 0.29) is 5.91 Å². The number of rotatable bonds is 5. The summed E-state index contributed by atoms with van der Waals surface area (Å²) >= 11 is 0. The Hall–Kier alpha value is -2.63. The molecule has 1 aliphatic rings. The lowest BCUT2D eigenvalue weighted by molar-refractivity contribution is 0.0949. The van der Waals surface area contributed by atoms with Crippen molar-refractivity contribution in [1.82, 2.24) is 15.6 Å². The number of carbonyl (C=O) groups is 1. The maximum atomic E-state index is 12.0. The summed E-state index contributed by atoms with van der Waals surface area (Å²) in [4.78, 5) is 12.0. The molecule has 3 rings (SSSR count). The highest BCUT2D eigenvalue weighted by atomic mass is 16.5. The Morgan fingerprint density at radius 1 is 1.36 bits per heavy atom. The number of H-pyrrole nitrogens is 1. The first kappa shape index (κ1) is 14.3. The molecule has 114 valence electrons. The van der Waals surface area contributed by atoms with E-state index in [0.717, 1.165) is 29.9 Å². The van der Waals surface area contributed by atoms with Crippen LogP contribution in [0.2, 0.25) is 0 Å². The summed E-state index contributed by atoms with van der Waals surface area (Å²) in [6.07, 6.45) is 2.33. The third-order valence-electron chi connectivity index (χ3n) is 3.71. The zero-order valence-corrected chi connectivity index (χ0v) is 12.6. The highest BCUT2D eigenvalue weighted by molar-refractivity contribution is 5.95. The Labute approximate surface area is 128 Å². The van der Waals surface area contributed by atoms with Crippen molar-refractivity contribution in [2.24, 2.45) is 11.0 Å². The van der Waals surface area contributed by atoms with E-state index in [0.29, 0.717) is 17.3 Å². The molecule has 0 spiro atoms. The van der Waals surface area contributed by atoms with Gasteiger partial charge in [-0.1, -0.05) is 0 Å². The van der Waals surface area contributed by atoms with E-state index in [1.54, 1.807) is 13.2 Å². The van der Waals surface area contributed by atoms with Crippen LogP contribution < -0.4 is 10.2 Å². The number of methoxy groups -OCH3 is 1. The van der Waals surface area contributed by atoms with Gasteiger partial charge in [-0.3, -0.25) is 9.89 Å². The molecule has 22 heavy (non-hydrogen) atoms. The average Bonchev–Trinajstić information content (AvgIpc) is 3.29. The van der Waals surface area contributed by atoms with Gasteiger partial charge in [-0.05, 0) is 56.0 Å². The molecule has 0 radical (unpaired) electrons. The predicted octanol–water partition coefficient (Wildman–Crippen LogP) is 2.60. The first-order chi connectivity index (χ1) is 10.7. The molecule has 1 heterocycles. The summed E-state index contributed by atoms with van der Waals surface area (Å²) in [7, 11) is 1.62. The monoisotopic (exact) mass is 298 g/mol. The van der Waals surface area contributed by atoms with Crippen LogP contribution in [-0.2, 0) is 0 Å². The Bertz CT molecular complexity index is 699. The van der Waals surface area contributed by atoms with Gasteiger partial charge in [0, 0.05) is 11.3 Å². The van der Waals surface area contributed by atoms with Gasteiger partial charge in [0.2, 0.25) is 0 Å². The standard InChI is InChI=1S/C16H18N4O2/c1-10(11-3-4-11)17-20-16(21)15-9-14(18-19-15)12-5-7-13(22-2)8-6-12/h5-9,11H,3-4H2,1-2H3,(H,18,19)(H,20,21)/b17-10+. The average molecular weight is 298 g/mol. The lowest BCUT2D eigenvalue weighted by Crippen LogP contribution is -2.19. The zero-order valence-electron chi connectivity index (χ0n) is 12.6. The second kappa shape index (κ2) is 6.01. The van der Waals surface area contributed by atoms with Crippen LogP contribution in [0.15, 0.2) is 35.4 Å². The molecule has 1 aromatic heterocycles. The molecular formula is C16H18N4O2. The van der Waals surface area contributed by atoms with Gasteiger partial charge >= 0.3 is 0 Å². The van der Waals surface area contributed by atoms with Crippen molar-refractivity contribution in [3.05, 3.63) is 36.0 Å². The van der Waals surface area contributed by atoms with Crippen molar-refractivity contribution >= 4 is 11.6 Å². The van der Waals surface area contributed by atoms with Crippen molar-refractivity contribution in [2.75, 3.05) is 7.11 Å². The van der Waals surface area contributed by atoms with Crippen molar-refractivity contribution in [3.63, 3.8) is 0 Å². The van der Waals surface area contributed by atoms with Crippen molar-refractivity contribution in [1.29, 1.82) is 0 Å². The fraction of sp³-hybridized carbons (Fsp3) is 0.312. The van der Waals surface area contributed by atoms with Crippen LogP contribution >= 0.6 is 0 Å². The molecule has 0 bridgehead atoms. The van der Waals surface area contributed by atoms with Gasteiger partial charge in [0.15, 0.2) is 0 Å². The largest absolute Gasteiger partial charge is 0.497 e. The number of hydrazone groups is 1. The lowest BCUT2D eigenvalue weighted by Gasteiger charge is -2.00. The SMILES string of the molecule is COc1ccc(-c2cc(C(=O)N/N=C(\C)C3CC3)[nH]n2)cc1. The number of ether oxygens (including phenoxy) is 1. The van der Waals surface area contributed by atoms with E-state index < -0.39 is 0 Å². The summed E-state index contributed by atoms with van der Waals surface area (Å²) in [5.41, 5.74) is 5.54. The highest BCUT2D eigenvalue weighted by Crippen LogP contribution is 2.30. The molecule has 2 aromatic rings. The van der Waals surface area contributed by atoms with Crippen LogP contribution in [0.1, 0.15) is 30.3 Å². The number of hydrogen-bond donors (Lipinski definition) is 2. The maximum absolute atomic E-state index is 12.0. The van der Waals surface area contributed by atoms with Gasteiger partial charge in [-0.25, -0.2) is 5.43 Å². The number of carbonyl (C=O) groups excluding carboxylic acids is 1. The second-order valence-corrected chi connectivity index (χ2v) is 5.36. The van der Waals surface area contributed by atoms with E-state index in [2.05, 4.69) is 20.7 Å². The molecule has 2 N–H and O–H groups in total. The molecule has 1 saturated carbocycles. The maximum Gasteiger partial charge on any atom is 0.289 e. The molecule has 1 amide bonds. The van der Waals surface area contributed by atoms with E-state index in [1.165, 1.54) is 0 Å². The van der Waals surface area contributed by atoms with E-state index in [4.69, 9.17) is 4.74 Å². The minimum absolute atomic E-state index is 0.285. The number of amides is 1. The van der Waals surface area contributed by atoms with Crippen LogP contribution in [0, 0.1) is 5.92 Å². The third-order valence-corrected chi connectivity index (χ3v) is 3.71. The van der Waals surface area contributed by atoms with Crippen LogP contribution in [0.4, 0.5) is 0 Å². The minimum Gasteiger partial charge on any atom is -0.497 e. The highest BCUT2D eigenvalue weighted by Gasteiger charge is 2.24. The summed E-state index contributed by atoms with van der Waals surface area (Å²) in [6, 6.07) is 9.21. The van der Waals surface area contributed by atoms with Gasteiger partial charge in [0.1, 0.15) is 11.4 Å². The molecule has 1 aliphatic carbocycles. The summed E-state index contributed by atoms with van der Waals surface area (Å²) in [6.45, 7) is 1.94. The molecule has 1 fully saturated rings. The van der Waals surface area contributed by atoms with Gasteiger partial charge in [-0.15, -0.1) is 0 Å². The molecular weight excluding hydrogens is 280 g/mol. The number of nitrogens with one attached hydrogen (secondary N) is 2. The topological polar surface area (TPSA) is 79.4 Å². The fourth-order valence-corrected chi connectivity index (χ4v) is 2.14. The molecule has 0 atom stereocenters. The number of aromatic nitrogens is 2. The quantitative estimate of drug-likeness (QED) is 0.658. The zero-order chi connectivity index (χ0) is 15.5. The Balaban J connectivity index is 1.69. The molecule has 6 heteroatoms. The summed E-state index contributed by atoms with van der Waals surface area (Å²) in [5, 5.41) is 11.0. The second-order valence-electron chi connectivity index (χ2n) is 5.36. The molecule has 0 saturated heterocycles. The Morgan fingerprint density at radius 3 is 2.73 bits per heavy atom. The summed E-state index contributed by atoms with van der Waals surface area (Å²) < 4.78 is 5.12. The van der Waals surface area contributed by atoms with Gasteiger partial charge in [0.25, 0.3) is 5.91 Å². The number of aromatic amines is 1. The van der Waals surface area contributed by atoms with Crippen molar-refractivity contribution < 1.29 is 9.53 Å². The first-order valence-corrected chi connectivity index (χ1v) is 7.21. The number of nitrogens with zero attached hydrogens (tertiary/aromatic N) is 2. The van der Waals surface area contributed by atoms with E-state index in [9.17, 15) is 4.79 Å². The molecule has 0 unspecified atom stereocenters. The molecule has 1 aromatic carbocycles. The van der Waals surface area contributed by atoms with Crippen LogP contribution in [0.5, 0.6) is 5.75 Å². The van der Waals surface area contributed by atoms with Crippen LogP contribution in [0.25, 0.3) is 11.3 Å². The van der Waals surface area contributed by atoms with Gasteiger partial charge in [0.05, 0.1) is 12.8 Å². The van der Waals surface area contributed by atoms with Crippen LogP contribution in [0.3, 0.4) is 0 Å². The predicted molar refractivity (Wildman–Crippen MR) is 83.9 cm³/mol. The number of benzene rings is 1. The van der Waals surface area contributed by atoms with E-state index in [1.807, 2.05) is 31.2 Å². The van der Waals surface area contributed by atoms with Gasteiger partial charge < -0.3 is 4.74 Å². The summed E-state index contributed by atoms with van der Waals surface area (Å²) in [5.74, 6) is 1.03. The van der Waals surface area contributed by atoms with Crippen molar-refractivity contribution in [2.45, 2.75) is 19.8 Å². The van der Waals surface area contributed by atoms with Crippen LogP contribution in [-0.4, -0.2) is 28.9 Å². The number of hydrogen-bond acceptors (Lipinski definition) is 4. The first-order valence-electron chi connectivity index (χ1n) is 7.21. The Kier molecular flexibility index (Phi) is 3.91. The molecule has 6 nitrogen and oxygen atoms in total. The van der Waals surface area contributed by atoms with E-state index >= 15 is 0 Å². The molecule has 0 aliphatic heterocycles. The normalized spacial score (nSPS) is 14.7. The Morgan fingerprint density at radius 2 is 2.09 bits per heavy atom.